The van der Waals surface area contributed by atoms with Crippen LogP contribution in [0.2, 0.25) is 0 Å². The summed E-state index contributed by atoms with van der Waals surface area (Å²) in [4.78, 5) is 28.3. The molecule has 0 spiro atoms. The van der Waals surface area contributed by atoms with Gasteiger partial charge in [-0.1, -0.05) is 86.7 Å². The zero-order chi connectivity index (χ0) is 21.1. The molecule has 0 aliphatic carbocycles. The molecule has 1 fully saturated rings. The first-order valence-electron chi connectivity index (χ1n) is 10.9. The molecule has 4 heteroatoms. The normalized spacial score (nSPS) is 29.8. The molecule has 1 saturated heterocycles. The van der Waals surface area contributed by atoms with E-state index >= 15 is 0 Å². The Kier molecular flexibility index (Phi) is 6.03. The van der Waals surface area contributed by atoms with Crippen molar-refractivity contribution in [3.63, 3.8) is 0 Å². The fraction of sp³-hybridized carbons (Fsp3) is 0.385. The maximum absolute atomic E-state index is 13.3. The van der Waals surface area contributed by atoms with Gasteiger partial charge in [-0.3, -0.25) is 9.59 Å². The molecular formula is C26H30N2O2. The van der Waals surface area contributed by atoms with Gasteiger partial charge in [-0.25, -0.2) is 0 Å². The van der Waals surface area contributed by atoms with E-state index in [0.29, 0.717) is 18.8 Å². The first kappa shape index (κ1) is 20.4. The predicted octanol–water partition coefficient (Wildman–Crippen LogP) is 4.81. The van der Waals surface area contributed by atoms with Gasteiger partial charge in [0.15, 0.2) is 0 Å². The Bertz CT molecular complexity index is 909. The average molecular weight is 403 g/mol. The van der Waals surface area contributed by atoms with Crippen molar-refractivity contribution in [3.8, 4) is 0 Å². The molecule has 4 nitrogen and oxygen atoms in total. The second-order valence-electron chi connectivity index (χ2n) is 8.67. The quantitative estimate of drug-likeness (QED) is 0.733. The molecule has 0 aromatic heterocycles. The van der Waals surface area contributed by atoms with E-state index < -0.39 is 0 Å². The van der Waals surface area contributed by atoms with Crippen molar-refractivity contribution in [2.45, 2.75) is 51.2 Å². The molecule has 5 atom stereocenters. The summed E-state index contributed by atoms with van der Waals surface area (Å²) in [6.07, 6.45) is 5.59. The van der Waals surface area contributed by atoms with Crippen LogP contribution in [0.4, 0.5) is 0 Å². The number of nitrogens with one attached hydrogen (secondary N) is 1. The second kappa shape index (κ2) is 8.86. The van der Waals surface area contributed by atoms with E-state index in [-0.39, 0.29) is 35.9 Å². The molecule has 4 rings (SSSR count). The van der Waals surface area contributed by atoms with Gasteiger partial charge < -0.3 is 10.2 Å². The number of carbonyl (C=O) groups excluding carboxylic acids is 2. The van der Waals surface area contributed by atoms with Crippen LogP contribution in [0.25, 0.3) is 0 Å². The molecular weight excluding hydrogens is 372 g/mol. The minimum absolute atomic E-state index is 0.00900. The molecule has 2 aromatic carbocycles. The van der Waals surface area contributed by atoms with Gasteiger partial charge in [-0.2, -0.15) is 0 Å². The fourth-order valence-corrected chi connectivity index (χ4v) is 5.08. The second-order valence-corrected chi connectivity index (χ2v) is 8.67. The maximum atomic E-state index is 13.3. The highest BCUT2D eigenvalue weighted by molar-refractivity contribution is 5.82. The van der Waals surface area contributed by atoms with Crippen LogP contribution in [0.5, 0.6) is 0 Å². The first-order chi connectivity index (χ1) is 14.5. The van der Waals surface area contributed by atoms with E-state index in [4.69, 9.17) is 0 Å². The van der Waals surface area contributed by atoms with Gasteiger partial charge in [-0.15, -0.1) is 0 Å². The molecule has 156 valence electrons. The summed E-state index contributed by atoms with van der Waals surface area (Å²) in [5, 5.41) is 3.25. The SMILES string of the molecule is C[C@@H]1C=CCC(=O)N2[C@H](CC(=O)N[C@@H]1c1ccccc1)C[C@@H](C)[C@@H]2c1ccccc1. The molecule has 30 heavy (non-hydrogen) atoms. The van der Waals surface area contributed by atoms with Crippen LogP contribution in [0.3, 0.4) is 0 Å². The van der Waals surface area contributed by atoms with Gasteiger partial charge in [0, 0.05) is 18.9 Å². The number of carbonyl (C=O) groups is 2. The zero-order valence-electron chi connectivity index (χ0n) is 17.7. The van der Waals surface area contributed by atoms with Crippen LogP contribution in [0.1, 0.15) is 56.3 Å². The third kappa shape index (κ3) is 4.18. The number of fused-ring (bicyclic) bond motifs is 1. The van der Waals surface area contributed by atoms with E-state index in [1.54, 1.807) is 0 Å². The monoisotopic (exact) mass is 402 g/mol. The Morgan fingerprint density at radius 2 is 1.53 bits per heavy atom. The van der Waals surface area contributed by atoms with Crippen LogP contribution in [-0.4, -0.2) is 22.8 Å². The van der Waals surface area contributed by atoms with Crippen LogP contribution in [0, 0.1) is 11.8 Å². The molecule has 0 bridgehead atoms. The third-order valence-electron chi connectivity index (χ3n) is 6.46. The van der Waals surface area contributed by atoms with Crippen LogP contribution in [0.15, 0.2) is 72.8 Å². The minimum atomic E-state index is -0.0969. The Labute approximate surface area is 179 Å². The zero-order valence-corrected chi connectivity index (χ0v) is 17.7. The van der Waals surface area contributed by atoms with Gasteiger partial charge in [0.25, 0.3) is 0 Å². The summed E-state index contributed by atoms with van der Waals surface area (Å²) in [5.74, 6) is 0.521. The van der Waals surface area contributed by atoms with Gasteiger partial charge in [0.1, 0.15) is 0 Å². The highest BCUT2D eigenvalue weighted by atomic mass is 16.2. The lowest BCUT2D eigenvalue weighted by Crippen LogP contribution is -2.41. The summed E-state index contributed by atoms with van der Waals surface area (Å²) >= 11 is 0. The van der Waals surface area contributed by atoms with Gasteiger partial charge >= 0.3 is 0 Å². The number of hydrogen-bond donors (Lipinski definition) is 1. The topological polar surface area (TPSA) is 49.4 Å². The summed E-state index contributed by atoms with van der Waals surface area (Å²) < 4.78 is 0. The Morgan fingerprint density at radius 3 is 2.20 bits per heavy atom. The van der Waals surface area contributed by atoms with Crippen LogP contribution < -0.4 is 5.32 Å². The van der Waals surface area contributed by atoms with Gasteiger partial charge in [0.2, 0.25) is 11.8 Å². The van der Waals surface area contributed by atoms with Crippen molar-refractivity contribution >= 4 is 11.8 Å². The highest BCUT2D eigenvalue weighted by Gasteiger charge is 2.43. The number of rotatable bonds is 2. The average Bonchev–Trinajstić information content (AvgIpc) is 3.07. The molecule has 2 aliphatic heterocycles. The summed E-state index contributed by atoms with van der Waals surface area (Å²) in [6.45, 7) is 4.28. The van der Waals surface area contributed by atoms with Crippen molar-refractivity contribution in [1.29, 1.82) is 0 Å². The van der Waals surface area contributed by atoms with E-state index in [9.17, 15) is 9.59 Å². The summed E-state index contributed by atoms with van der Waals surface area (Å²) in [5.41, 5.74) is 2.24. The molecule has 2 amide bonds. The number of hydrogen-bond acceptors (Lipinski definition) is 2. The van der Waals surface area contributed by atoms with Gasteiger partial charge in [-0.05, 0) is 29.4 Å². The van der Waals surface area contributed by atoms with E-state index in [0.717, 1.165) is 17.5 Å². The standard InChI is InChI=1S/C26H30N2O2/c1-18-10-9-15-24(30)28-22(16-19(2)26(28)21-13-7-4-8-14-21)17-23(29)27-25(18)20-11-5-3-6-12-20/h3-14,18-19,22,25-26H,15-17H2,1-2H3,(H,27,29)/t18-,19-,22+,25+,26-/m1/s1. The number of amides is 2. The molecule has 2 aromatic rings. The third-order valence-corrected chi connectivity index (χ3v) is 6.46. The maximum Gasteiger partial charge on any atom is 0.227 e. The van der Waals surface area contributed by atoms with Crippen molar-refractivity contribution in [2.24, 2.45) is 11.8 Å². The summed E-state index contributed by atoms with van der Waals surface area (Å²) in [7, 11) is 0. The lowest BCUT2D eigenvalue weighted by atomic mass is 9.93. The fourth-order valence-electron chi connectivity index (χ4n) is 5.08. The van der Waals surface area contributed by atoms with Crippen molar-refractivity contribution < 1.29 is 9.59 Å². The van der Waals surface area contributed by atoms with E-state index in [2.05, 4.69) is 49.5 Å². The van der Waals surface area contributed by atoms with Gasteiger partial charge in [0.05, 0.1) is 12.1 Å². The summed E-state index contributed by atoms with van der Waals surface area (Å²) in [6, 6.07) is 20.1. The van der Waals surface area contributed by atoms with Crippen molar-refractivity contribution in [1.82, 2.24) is 10.2 Å². The Hall–Kier alpha value is -2.88. The largest absolute Gasteiger partial charge is 0.349 e. The van der Waals surface area contributed by atoms with E-state index in [1.807, 2.05) is 47.4 Å². The predicted molar refractivity (Wildman–Crippen MR) is 118 cm³/mol. The smallest absolute Gasteiger partial charge is 0.227 e. The minimum Gasteiger partial charge on any atom is -0.349 e. The molecule has 0 unspecified atom stereocenters. The van der Waals surface area contributed by atoms with Crippen LogP contribution in [-0.2, 0) is 9.59 Å². The molecule has 2 heterocycles. The molecule has 0 saturated carbocycles. The van der Waals surface area contributed by atoms with Crippen molar-refractivity contribution in [3.05, 3.63) is 83.9 Å². The molecule has 1 N–H and O–H groups in total. The van der Waals surface area contributed by atoms with Crippen LogP contribution >= 0.6 is 0 Å². The molecule has 2 aliphatic rings. The Balaban J connectivity index is 1.64. The lowest BCUT2D eigenvalue weighted by Gasteiger charge is -2.31. The van der Waals surface area contributed by atoms with E-state index in [1.165, 1.54) is 0 Å². The van der Waals surface area contributed by atoms with Crippen molar-refractivity contribution in [2.75, 3.05) is 0 Å². The lowest BCUT2D eigenvalue weighted by molar-refractivity contribution is -0.134. The molecule has 0 radical (unpaired) electrons. The highest BCUT2D eigenvalue weighted by Crippen LogP contribution is 2.42. The number of benzene rings is 2. The first-order valence-corrected chi connectivity index (χ1v) is 10.9. The Morgan fingerprint density at radius 1 is 0.900 bits per heavy atom. The number of nitrogens with zero attached hydrogens (tertiary/aromatic N) is 1.